The SMILES string of the molecule is N#CSCc1ccc(C(F)(F)F)cc1. The Labute approximate surface area is 83.5 Å². The first-order chi connectivity index (χ1) is 6.54. The van der Waals surface area contributed by atoms with E-state index < -0.39 is 11.7 Å². The molecule has 0 saturated carbocycles. The average molecular weight is 217 g/mol. The van der Waals surface area contributed by atoms with Gasteiger partial charge in [0.1, 0.15) is 5.40 Å². The Morgan fingerprint density at radius 1 is 1.21 bits per heavy atom. The molecule has 0 fully saturated rings. The number of alkyl halides is 3. The summed E-state index contributed by atoms with van der Waals surface area (Å²) >= 11 is 0.999. The van der Waals surface area contributed by atoms with Crippen molar-refractivity contribution in [1.82, 2.24) is 0 Å². The lowest BCUT2D eigenvalue weighted by atomic mass is 10.1. The molecule has 0 N–H and O–H groups in total. The fraction of sp³-hybridized carbons (Fsp3) is 0.222. The molecule has 1 rings (SSSR count). The van der Waals surface area contributed by atoms with Crippen LogP contribution in [0.4, 0.5) is 13.2 Å². The van der Waals surface area contributed by atoms with Crippen molar-refractivity contribution in [3.05, 3.63) is 35.4 Å². The van der Waals surface area contributed by atoms with Gasteiger partial charge in [-0.05, 0) is 29.5 Å². The highest BCUT2D eigenvalue weighted by atomic mass is 32.2. The lowest BCUT2D eigenvalue weighted by molar-refractivity contribution is -0.137. The number of nitriles is 1. The Bertz CT molecular complexity index is 337. The van der Waals surface area contributed by atoms with Crippen molar-refractivity contribution in [3.8, 4) is 5.40 Å². The van der Waals surface area contributed by atoms with Crippen LogP contribution in [0.25, 0.3) is 0 Å². The van der Waals surface area contributed by atoms with Crippen molar-refractivity contribution < 1.29 is 13.2 Å². The van der Waals surface area contributed by atoms with Gasteiger partial charge in [0.2, 0.25) is 0 Å². The Balaban J connectivity index is 2.75. The Morgan fingerprint density at radius 2 is 1.79 bits per heavy atom. The molecule has 1 aromatic rings. The van der Waals surface area contributed by atoms with E-state index in [9.17, 15) is 13.2 Å². The average Bonchev–Trinajstić information content (AvgIpc) is 2.14. The van der Waals surface area contributed by atoms with Crippen LogP contribution in [-0.4, -0.2) is 0 Å². The van der Waals surface area contributed by atoms with E-state index >= 15 is 0 Å². The van der Waals surface area contributed by atoms with E-state index in [4.69, 9.17) is 5.26 Å². The standard InChI is InChI=1S/C9H6F3NS/c10-9(11,12)8-3-1-7(2-4-8)5-14-6-13/h1-4H,5H2. The molecular formula is C9H6F3NS. The molecule has 0 aliphatic rings. The summed E-state index contributed by atoms with van der Waals surface area (Å²) < 4.78 is 36.3. The molecule has 0 unspecified atom stereocenters. The molecule has 5 heteroatoms. The van der Waals surface area contributed by atoms with E-state index in [0.29, 0.717) is 11.3 Å². The van der Waals surface area contributed by atoms with Gasteiger partial charge in [-0.3, -0.25) is 0 Å². The largest absolute Gasteiger partial charge is 0.416 e. The van der Waals surface area contributed by atoms with Gasteiger partial charge in [0.05, 0.1) is 5.56 Å². The minimum absolute atomic E-state index is 0.411. The van der Waals surface area contributed by atoms with E-state index in [2.05, 4.69) is 0 Å². The Hall–Kier alpha value is -1.15. The number of nitrogens with zero attached hydrogens (tertiary/aromatic N) is 1. The van der Waals surface area contributed by atoms with Crippen molar-refractivity contribution in [2.24, 2.45) is 0 Å². The second-order valence-corrected chi connectivity index (χ2v) is 3.33. The maximum Gasteiger partial charge on any atom is 0.416 e. The highest BCUT2D eigenvalue weighted by molar-refractivity contribution is 8.02. The third-order valence-electron chi connectivity index (χ3n) is 1.58. The topological polar surface area (TPSA) is 23.8 Å². The van der Waals surface area contributed by atoms with E-state index in [1.165, 1.54) is 12.1 Å². The first-order valence-electron chi connectivity index (χ1n) is 3.71. The van der Waals surface area contributed by atoms with E-state index in [1.54, 1.807) is 0 Å². The predicted molar refractivity (Wildman–Crippen MR) is 48.4 cm³/mol. The summed E-state index contributed by atoms with van der Waals surface area (Å²) in [4.78, 5) is 0. The molecule has 0 aliphatic carbocycles. The zero-order chi connectivity index (χ0) is 10.6. The van der Waals surface area contributed by atoms with Crippen LogP contribution in [0.15, 0.2) is 24.3 Å². The molecule has 14 heavy (non-hydrogen) atoms. The van der Waals surface area contributed by atoms with Crippen LogP contribution in [-0.2, 0) is 11.9 Å². The number of rotatable bonds is 2. The molecule has 1 nitrogen and oxygen atoms in total. The molecule has 0 aliphatic heterocycles. The molecule has 0 saturated heterocycles. The Kier molecular flexibility index (Phi) is 3.42. The first-order valence-corrected chi connectivity index (χ1v) is 4.69. The lowest BCUT2D eigenvalue weighted by Crippen LogP contribution is -2.04. The van der Waals surface area contributed by atoms with Crippen molar-refractivity contribution in [2.45, 2.75) is 11.9 Å². The number of halogens is 3. The van der Waals surface area contributed by atoms with Gasteiger partial charge in [0.25, 0.3) is 0 Å². The van der Waals surface area contributed by atoms with Crippen LogP contribution >= 0.6 is 11.8 Å². The van der Waals surface area contributed by atoms with E-state index in [-0.39, 0.29) is 0 Å². The van der Waals surface area contributed by atoms with Crippen molar-refractivity contribution in [3.63, 3.8) is 0 Å². The van der Waals surface area contributed by atoms with Crippen LogP contribution in [0.2, 0.25) is 0 Å². The maximum absolute atomic E-state index is 12.1. The minimum atomic E-state index is -4.29. The van der Waals surface area contributed by atoms with Crippen LogP contribution in [0.1, 0.15) is 11.1 Å². The van der Waals surface area contributed by atoms with Crippen molar-refractivity contribution >= 4 is 11.8 Å². The lowest BCUT2D eigenvalue weighted by Gasteiger charge is -2.06. The molecule has 0 aromatic heterocycles. The maximum atomic E-state index is 12.1. The molecule has 0 radical (unpaired) electrons. The molecule has 0 bridgehead atoms. The summed E-state index contributed by atoms with van der Waals surface area (Å²) in [6.45, 7) is 0. The molecule has 0 atom stereocenters. The second-order valence-electron chi connectivity index (χ2n) is 2.57. The number of benzene rings is 1. The third kappa shape index (κ3) is 2.96. The number of hydrogen-bond donors (Lipinski definition) is 0. The summed E-state index contributed by atoms with van der Waals surface area (Å²) in [5, 5.41) is 10.1. The van der Waals surface area contributed by atoms with Crippen molar-refractivity contribution in [1.29, 1.82) is 5.26 Å². The van der Waals surface area contributed by atoms with Crippen LogP contribution in [0, 0.1) is 10.7 Å². The molecule has 1 aromatic carbocycles. The van der Waals surface area contributed by atoms with Gasteiger partial charge in [-0.1, -0.05) is 12.1 Å². The minimum Gasteiger partial charge on any atom is -0.185 e. The smallest absolute Gasteiger partial charge is 0.185 e. The Morgan fingerprint density at radius 3 is 2.21 bits per heavy atom. The fourth-order valence-electron chi connectivity index (χ4n) is 0.906. The van der Waals surface area contributed by atoms with Gasteiger partial charge in [-0.2, -0.15) is 18.4 Å². The summed E-state index contributed by atoms with van der Waals surface area (Å²) in [7, 11) is 0. The fourth-order valence-corrected chi connectivity index (χ4v) is 1.33. The number of thiocyanates is 1. The normalized spacial score (nSPS) is 11.0. The van der Waals surface area contributed by atoms with Crippen molar-refractivity contribution in [2.75, 3.05) is 0 Å². The second kappa shape index (κ2) is 4.38. The zero-order valence-electron chi connectivity index (χ0n) is 7.01. The van der Waals surface area contributed by atoms with Crippen LogP contribution in [0.3, 0.4) is 0 Å². The zero-order valence-corrected chi connectivity index (χ0v) is 7.82. The molecule has 0 heterocycles. The van der Waals surface area contributed by atoms with Gasteiger partial charge in [0.15, 0.2) is 0 Å². The van der Waals surface area contributed by atoms with E-state index in [1.807, 2.05) is 5.40 Å². The van der Waals surface area contributed by atoms with E-state index in [0.717, 1.165) is 23.9 Å². The third-order valence-corrected chi connectivity index (χ3v) is 2.19. The predicted octanol–water partition coefficient (Wildman–Crippen LogP) is 3.42. The summed E-state index contributed by atoms with van der Waals surface area (Å²) in [5.74, 6) is 0.411. The summed E-state index contributed by atoms with van der Waals surface area (Å²) in [5.41, 5.74) is 0.0488. The number of thioether (sulfide) groups is 1. The number of hydrogen-bond acceptors (Lipinski definition) is 2. The molecular weight excluding hydrogens is 211 g/mol. The molecule has 0 amide bonds. The van der Waals surface area contributed by atoms with Gasteiger partial charge < -0.3 is 0 Å². The van der Waals surface area contributed by atoms with Gasteiger partial charge in [-0.15, -0.1) is 0 Å². The molecule has 74 valence electrons. The van der Waals surface area contributed by atoms with Crippen LogP contribution in [0.5, 0.6) is 0 Å². The highest BCUT2D eigenvalue weighted by Gasteiger charge is 2.29. The highest BCUT2D eigenvalue weighted by Crippen LogP contribution is 2.29. The quantitative estimate of drug-likeness (QED) is 0.709. The molecule has 0 spiro atoms. The monoisotopic (exact) mass is 217 g/mol. The van der Waals surface area contributed by atoms with Gasteiger partial charge in [0, 0.05) is 5.75 Å². The summed E-state index contributed by atoms with van der Waals surface area (Å²) in [6.07, 6.45) is -4.29. The van der Waals surface area contributed by atoms with Gasteiger partial charge >= 0.3 is 6.18 Å². The summed E-state index contributed by atoms with van der Waals surface area (Å²) in [6, 6.07) is 4.81. The first kappa shape index (κ1) is 10.9. The van der Waals surface area contributed by atoms with Gasteiger partial charge in [-0.25, -0.2) is 0 Å². The van der Waals surface area contributed by atoms with Crippen LogP contribution < -0.4 is 0 Å².